The molecule has 19 heavy (non-hydrogen) atoms. The number of hydrogen-bond acceptors (Lipinski definition) is 1. The SMILES string of the molecule is O=C(Cc1ccc(Cl)cc1)Cc1cccc(F)c1Br. The second-order valence-electron chi connectivity index (χ2n) is 4.23. The minimum atomic E-state index is -0.350. The van der Waals surface area contributed by atoms with Gasteiger partial charge in [0.25, 0.3) is 0 Å². The van der Waals surface area contributed by atoms with Crippen LogP contribution in [0, 0.1) is 5.82 Å². The van der Waals surface area contributed by atoms with Crippen LogP contribution in [0.4, 0.5) is 4.39 Å². The Kier molecular flexibility index (Phi) is 4.72. The van der Waals surface area contributed by atoms with E-state index < -0.39 is 0 Å². The van der Waals surface area contributed by atoms with Gasteiger partial charge >= 0.3 is 0 Å². The number of carbonyl (C=O) groups is 1. The standard InChI is InChI=1S/C15H11BrClFO/c16-15-11(2-1-3-14(15)18)9-13(19)8-10-4-6-12(17)7-5-10/h1-7H,8-9H2. The Labute approximate surface area is 124 Å². The topological polar surface area (TPSA) is 17.1 Å². The first-order valence-corrected chi connectivity index (χ1v) is 6.92. The van der Waals surface area contributed by atoms with Crippen molar-refractivity contribution < 1.29 is 9.18 Å². The number of halogens is 3. The lowest BCUT2D eigenvalue weighted by atomic mass is 10.0. The maximum absolute atomic E-state index is 13.3. The summed E-state index contributed by atoms with van der Waals surface area (Å²) < 4.78 is 13.7. The highest BCUT2D eigenvalue weighted by molar-refractivity contribution is 9.10. The van der Waals surface area contributed by atoms with E-state index in [9.17, 15) is 9.18 Å². The lowest BCUT2D eigenvalue weighted by Gasteiger charge is -2.05. The van der Waals surface area contributed by atoms with Crippen LogP contribution >= 0.6 is 27.5 Å². The van der Waals surface area contributed by atoms with Gasteiger partial charge in [-0.3, -0.25) is 4.79 Å². The first kappa shape index (κ1) is 14.2. The third-order valence-electron chi connectivity index (χ3n) is 2.73. The summed E-state index contributed by atoms with van der Waals surface area (Å²) in [6.07, 6.45) is 0.529. The fourth-order valence-electron chi connectivity index (χ4n) is 1.79. The summed E-state index contributed by atoms with van der Waals surface area (Å²) in [4.78, 5) is 12.0. The van der Waals surface area contributed by atoms with Crippen molar-refractivity contribution in [3.63, 3.8) is 0 Å². The summed E-state index contributed by atoms with van der Waals surface area (Å²) >= 11 is 8.94. The van der Waals surface area contributed by atoms with E-state index in [-0.39, 0.29) is 18.0 Å². The van der Waals surface area contributed by atoms with Gasteiger partial charge in [-0.15, -0.1) is 0 Å². The Morgan fingerprint density at radius 1 is 1.11 bits per heavy atom. The van der Waals surface area contributed by atoms with Gasteiger partial charge in [0.2, 0.25) is 0 Å². The van der Waals surface area contributed by atoms with Crippen molar-refractivity contribution in [2.45, 2.75) is 12.8 Å². The van der Waals surface area contributed by atoms with E-state index in [1.54, 1.807) is 24.3 Å². The molecule has 2 aromatic rings. The first-order chi connectivity index (χ1) is 9.06. The summed E-state index contributed by atoms with van der Waals surface area (Å²) in [5.74, 6) is -0.314. The van der Waals surface area contributed by atoms with Crippen molar-refractivity contribution in [3.8, 4) is 0 Å². The summed E-state index contributed by atoms with van der Waals surface area (Å²) in [6.45, 7) is 0. The van der Waals surface area contributed by atoms with Gasteiger partial charge in [0, 0.05) is 17.9 Å². The van der Waals surface area contributed by atoms with Crippen molar-refractivity contribution >= 4 is 33.3 Å². The van der Waals surface area contributed by atoms with Crippen LogP contribution in [-0.2, 0) is 17.6 Å². The Morgan fingerprint density at radius 2 is 1.79 bits per heavy atom. The molecule has 0 aliphatic heterocycles. The van der Waals surface area contributed by atoms with Crippen LogP contribution in [0.3, 0.4) is 0 Å². The van der Waals surface area contributed by atoms with Crippen LogP contribution in [0.1, 0.15) is 11.1 Å². The molecule has 1 nitrogen and oxygen atoms in total. The van der Waals surface area contributed by atoms with Gasteiger partial charge in [0.1, 0.15) is 11.6 Å². The van der Waals surface area contributed by atoms with Crippen LogP contribution in [-0.4, -0.2) is 5.78 Å². The molecule has 2 rings (SSSR count). The second-order valence-corrected chi connectivity index (χ2v) is 5.46. The van der Waals surface area contributed by atoms with E-state index in [4.69, 9.17) is 11.6 Å². The van der Waals surface area contributed by atoms with E-state index in [0.29, 0.717) is 21.5 Å². The summed E-state index contributed by atoms with van der Waals surface area (Å²) in [5, 5.41) is 0.643. The van der Waals surface area contributed by atoms with Crippen molar-refractivity contribution in [2.75, 3.05) is 0 Å². The van der Waals surface area contributed by atoms with Crippen LogP contribution in [0.25, 0.3) is 0 Å². The van der Waals surface area contributed by atoms with Gasteiger partial charge < -0.3 is 0 Å². The molecular formula is C15H11BrClFO. The average molecular weight is 342 g/mol. The van der Waals surface area contributed by atoms with E-state index in [1.807, 2.05) is 12.1 Å². The molecule has 0 saturated carbocycles. The van der Waals surface area contributed by atoms with Crippen molar-refractivity contribution in [1.82, 2.24) is 0 Å². The van der Waals surface area contributed by atoms with E-state index in [0.717, 1.165) is 5.56 Å². The molecule has 0 unspecified atom stereocenters. The van der Waals surface area contributed by atoms with Crippen molar-refractivity contribution in [3.05, 3.63) is 68.9 Å². The molecule has 0 saturated heterocycles. The fourth-order valence-corrected chi connectivity index (χ4v) is 2.32. The van der Waals surface area contributed by atoms with Crippen molar-refractivity contribution in [1.29, 1.82) is 0 Å². The first-order valence-electron chi connectivity index (χ1n) is 5.75. The number of rotatable bonds is 4. The van der Waals surface area contributed by atoms with Gasteiger partial charge in [-0.05, 0) is 45.3 Å². The van der Waals surface area contributed by atoms with Gasteiger partial charge in [-0.2, -0.15) is 0 Å². The van der Waals surface area contributed by atoms with Crippen LogP contribution < -0.4 is 0 Å². The van der Waals surface area contributed by atoms with Crippen molar-refractivity contribution in [2.24, 2.45) is 0 Å². The highest BCUT2D eigenvalue weighted by Gasteiger charge is 2.10. The highest BCUT2D eigenvalue weighted by Crippen LogP contribution is 2.21. The van der Waals surface area contributed by atoms with Crippen LogP contribution in [0.15, 0.2) is 46.9 Å². The average Bonchev–Trinajstić information content (AvgIpc) is 2.38. The molecular weight excluding hydrogens is 331 g/mol. The number of hydrogen-bond donors (Lipinski definition) is 0. The molecule has 0 aliphatic carbocycles. The maximum atomic E-state index is 13.3. The zero-order valence-corrected chi connectivity index (χ0v) is 12.3. The summed E-state index contributed by atoms with van der Waals surface area (Å²) in [5.41, 5.74) is 1.57. The number of ketones is 1. The lowest BCUT2D eigenvalue weighted by molar-refractivity contribution is -0.117. The number of benzene rings is 2. The predicted octanol–water partition coefficient (Wildman–Crippen LogP) is 4.60. The Bertz CT molecular complexity index is 596. The predicted molar refractivity (Wildman–Crippen MR) is 78.0 cm³/mol. The van der Waals surface area contributed by atoms with Crippen LogP contribution in [0.5, 0.6) is 0 Å². The van der Waals surface area contributed by atoms with E-state index in [2.05, 4.69) is 15.9 Å². The smallest absolute Gasteiger partial charge is 0.141 e. The molecule has 0 radical (unpaired) electrons. The number of Topliss-reactive ketones (excluding diaryl/α,β-unsaturated/α-hetero) is 1. The molecule has 98 valence electrons. The minimum Gasteiger partial charge on any atom is -0.299 e. The van der Waals surface area contributed by atoms with Gasteiger partial charge in [0.05, 0.1) is 4.47 Å². The molecule has 0 aliphatic rings. The second kappa shape index (κ2) is 6.31. The largest absolute Gasteiger partial charge is 0.299 e. The molecule has 0 heterocycles. The fraction of sp³-hybridized carbons (Fsp3) is 0.133. The third-order valence-corrected chi connectivity index (χ3v) is 3.87. The normalized spacial score (nSPS) is 10.5. The summed E-state index contributed by atoms with van der Waals surface area (Å²) in [7, 11) is 0. The molecule has 0 amide bonds. The minimum absolute atomic E-state index is 0.0358. The van der Waals surface area contributed by atoms with Crippen LogP contribution in [0.2, 0.25) is 5.02 Å². The molecule has 0 bridgehead atoms. The van der Waals surface area contributed by atoms with E-state index in [1.165, 1.54) is 6.07 Å². The van der Waals surface area contributed by atoms with Gasteiger partial charge in [-0.1, -0.05) is 35.9 Å². The highest BCUT2D eigenvalue weighted by atomic mass is 79.9. The zero-order chi connectivity index (χ0) is 13.8. The molecule has 0 atom stereocenters. The quantitative estimate of drug-likeness (QED) is 0.794. The molecule has 0 aromatic heterocycles. The molecule has 2 aromatic carbocycles. The lowest BCUT2D eigenvalue weighted by Crippen LogP contribution is -2.07. The molecule has 0 N–H and O–H groups in total. The Hall–Kier alpha value is -1.19. The number of carbonyl (C=O) groups excluding carboxylic acids is 1. The Balaban J connectivity index is 2.05. The third kappa shape index (κ3) is 3.88. The molecule has 0 spiro atoms. The molecule has 4 heteroatoms. The zero-order valence-electron chi connectivity index (χ0n) is 10.00. The molecule has 0 fully saturated rings. The summed E-state index contributed by atoms with van der Waals surface area (Å²) in [6, 6.07) is 11.8. The Morgan fingerprint density at radius 3 is 2.47 bits per heavy atom. The van der Waals surface area contributed by atoms with Gasteiger partial charge in [0.15, 0.2) is 0 Å². The maximum Gasteiger partial charge on any atom is 0.141 e. The van der Waals surface area contributed by atoms with E-state index >= 15 is 0 Å². The monoisotopic (exact) mass is 340 g/mol. The van der Waals surface area contributed by atoms with Gasteiger partial charge in [-0.25, -0.2) is 4.39 Å².